The van der Waals surface area contributed by atoms with Gasteiger partial charge in [-0.3, -0.25) is 0 Å². The lowest BCUT2D eigenvalue weighted by Gasteiger charge is -2.27. The minimum absolute atomic E-state index is 0.345. The number of fused-ring (bicyclic) bond motifs is 1. The van der Waals surface area contributed by atoms with Crippen LogP contribution in [0.4, 0.5) is 17.1 Å². The molecule has 0 bridgehead atoms. The molecule has 7 heteroatoms. The molecule has 5 aromatic rings. The SMILES string of the molecule is COc1ccc(C(=CC2(C=C(c3ccc(OC)cc3)c3ccc(N(C)C)cc3)OC(=O)c3cc(N4CCCC4)ccc32)c2ccc(N(C)C)cc2)cc1. The van der Waals surface area contributed by atoms with Crippen molar-refractivity contribution in [3.8, 4) is 11.5 Å². The number of carbonyl (C=O) groups is 1. The second-order valence-electron chi connectivity index (χ2n) is 14.1. The van der Waals surface area contributed by atoms with Crippen molar-refractivity contribution in [3.05, 3.63) is 161 Å². The number of nitrogens with zero attached hydrogens (tertiary/aromatic N) is 3. The van der Waals surface area contributed by atoms with Crippen LogP contribution in [0.3, 0.4) is 0 Å². The van der Waals surface area contributed by atoms with Gasteiger partial charge in [0.25, 0.3) is 0 Å². The fraction of sp³-hybridized carbons (Fsp3) is 0.239. The van der Waals surface area contributed by atoms with Crippen LogP contribution in [0.15, 0.2) is 127 Å². The fourth-order valence-corrected chi connectivity index (χ4v) is 7.25. The standard InChI is InChI=1S/C46H47N3O4/c1-47(2)36-17-9-32(10-18-36)42(34-13-22-39(51-5)23-14-34)30-46(44-26-21-38(49-27-7-8-28-49)29-41(44)45(50)53-46)31-43(35-15-24-40(52-6)25-16-35)33-11-19-37(20-12-33)48(3)4/h9-26,29-31H,7-8,27-28H2,1-6H3. The van der Waals surface area contributed by atoms with E-state index in [1.165, 1.54) is 0 Å². The van der Waals surface area contributed by atoms with Crippen molar-refractivity contribution in [2.75, 3.05) is 70.2 Å². The Morgan fingerprint density at radius 3 is 1.43 bits per heavy atom. The Morgan fingerprint density at radius 2 is 1.04 bits per heavy atom. The Bertz CT molecular complexity index is 2010. The van der Waals surface area contributed by atoms with Gasteiger partial charge in [0.15, 0.2) is 5.60 Å². The molecule has 0 saturated carbocycles. The molecule has 270 valence electrons. The second-order valence-corrected chi connectivity index (χ2v) is 14.1. The number of ether oxygens (including phenoxy) is 3. The number of hydrogen-bond donors (Lipinski definition) is 0. The Morgan fingerprint density at radius 1 is 0.623 bits per heavy atom. The third-order valence-electron chi connectivity index (χ3n) is 10.3. The molecule has 1 saturated heterocycles. The minimum atomic E-state index is -1.26. The molecule has 0 N–H and O–H groups in total. The van der Waals surface area contributed by atoms with E-state index in [9.17, 15) is 4.79 Å². The van der Waals surface area contributed by atoms with Crippen molar-refractivity contribution in [2.45, 2.75) is 18.4 Å². The van der Waals surface area contributed by atoms with E-state index >= 15 is 0 Å². The summed E-state index contributed by atoms with van der Waals surface area (Å²) >= 11 is 0. The van der Waals surface area contributed by atoms with Crippen LogP contribution in [0, 0.1) is 0 Å². The lowest BCUT2D eigenvalue weighted by Crippen LogP contribution is -2.23. The molecule has 53 heavy (non-hydrogen) atoms. The molecule has 2 heterocycles. The first-order chi connectivity index (χ1) is 25.7. The van der Waals surface area contributed by atoms with Crippen LogP contribution in [0.5, 0.6) is 11.5 Å². The molecule has 0 amide bonds. The smallest absolute Gasteiger partial charge is 0.340 e. The van der Waals surface area contributed by atoms with E-state index in [0.29, 0.717) is 5.56 Å². The van der Waals surface area contributed by atoms with Gasteiger partial charge in [-0.2, -0.15) is 0 Å². The number of hydrogen-bond acceptors (Lipinski definition) is 7. The van der Waals surface area contributed by atoms with Crippen LogP contribution < -0.4 is 24.2 Å². The maximum absolute atomic E-state index is 14.2. The number of anilines is 3. The first kappa shape index (κ1) is 35.5. The molecule has 0 unspecified atom stereocenters. The summed E-state index contributed by atoms with van der Waals surface area (Å²) in [5.74, 6) is 1.18. The van der Waals surface area contributed by atoms with E-state index in [1.54, 1.807) is 14.2 Å². The fourth-order valence-electron chi connectivity index (χ4n) is 7.25. The molecule has 5 aromatic carbocycles. The topological polar surface area (TPSA) is 54.5 Å². The lowest BCUT2D eigenvalue weighted by atomic mass is 9.83. The number of carbonyl (C=O) groups excluding carboxylic acids is 1. The van der Waals surface area contributed by atoms with Crippen molar-refractivity contribution in [2.24, 2.45) is 0 Å². The van der Waals surface area contributed by atoms with Gasteiger partial charge < -0.3 is 28.9 Å². The summed E-state index contributed by atoms with van der Waals surface area (Å²) in [7, 11) is 11.5. The Hall–Kier alpha value is -5.95. The van der Waals surface area contributed by atoms with Crippen LogP contribution in [-0.4, -0.2) is 61.5 Å². The molecule has 0 spiro atoms. The summed E-state index contributed by atoms with van der Waals surface area (Å²) in [5.41, 5.74) is 9.12. The monoisotopic (exact) mass is 705 g/mol. The molecule has 0 radical (unpaired) electrons. The van der Waals surface area contributed by atoms with Gasteiger partial charge in [-0.15, -0.1) is 0 Å². The molecule has 2 aliphatic heterocycles. The number of methoxy groups -OCH3 is 2. The minimum Gasteiger partial charge on any atom is -0.497 e. The predicted octanol–water partition coefficient (Wildman–Crippen LogP) is 9.07. The average molecular weight is 706 g/mol. The zero-order valence-corrected chi connectivity index (χ0v) is 31.4. The van der Waals surface area contributed by atoms with Gasteiger partial charge in [-0.25, -0.2) is 4.79 Å². The number of esters is 1. The van der Waals surface area contributed by atoms with Crippen LogP contribution in [0.2, 0.25) is 0 Å². The lowest BCUT2D eigenvalue weighted by molar-refractivity contribution is 0.0299. The third-order valence-corrected chi connectivity index (χ3v) is 10.3. The van der Waals surface area contributed by atoms with E-state index in [-0.39, 0.29) is 5.97 Å². The second kappa shape index (κ2) is 15.0. The molecular formula is C46H47N3O4. The summed E-state index contributed by atoms with van der Waals surface area (Å²) in [6, 6.07) is 39.3. The molecule has 0 aromatic heterocycles. The molecule has 7 rings (SSSR count). The van der Waals surface area contributed by atoms with Crippen LogP contribution in [-0.2, 0) is 10.3 Å². The largest absolute Gasteiger partial charge is 0.497 e. The molecular weight excluding hydrogens is 659 g/mol. The van der Waals surface area contributed by atoms with Crippen molar-refractivity contribution in [1.82, 2.24) is 0 Å². The Kier molecular flexibility index (Phi) is 10.0. The van der Waals surface area contributed by atoms with Gasteiger partial charge in [0.05, 0.1) is 19.8 Å². The normalized spacial score (nSPS) is 17.0. The Labute approximate surface area is 313 Å². The molecule has 0 atom stereocenters. The van der Waals surface area contributed by atoms with Crippen LogP contribution >= 0.6 is 0 Å². The Balaban J connectivity index is 1.51. The predicted molar refractivity (Wildman–Crippen MR) is 217 cm³/mol. The van der Waals surface area contributed by atoms with Crippen molar-refractivity contribution in [3.63, 3.8) is 0 Å². The summed E-state index contributed by atoms with van der Waals surface area (Å²) in [6.45, 7) is 1.96. The van der Waals surface area contributed by atoms with Gasteiger partial charge >= 0.3 is 5.97 Å². The molecule has 7 nitrogen and oxygen atoms in total. The van der Waals surface area contributed by atoms with Crippen molar-refractivity contribution >= 4 is 34.2 Å². The van der Waals surface area contributed by atoms with Gasteiger partial charge in [0, 0.05) is 63.9 Å². The summed E-state index contributed by atoms with van der Waals surface area (Å²) < 4.78 is 17.8. The highest BCUT2D eigenvalue weighted by atomic mass is 16.6. The number of rotatable bonds is 11. The van der Waals surface area contributed by atoms with Crippen molar-refractivity contribution in [1.29, 1.82) is 0 Å². The zero-order valence-electron chi connectivity index (χ0n) is 31.4. The zero-order chi connectivity index (χ0) is 37.1. The quantitative estimate of drug-likeness (QED) is 0.127. The summed E-state index contributed by atoms with van der Waals surface area (Å²) in [5, 5.41) is 0. The highest BCUT2D eigenvalue weighted by Crippen LogP contribution is 2.46. The average Bonchev–Trinajstić information content (AvgIpc) is 3.83. The number of benzene rings is 5. The third kappa shape index (κ3) is 7.25. The molecule has 1 fully saturated rings. The van der Waals surface area contributed by atoms with Crippen LogP contribution in [0.25, 0.3) is 11.1 Å². The van der Waals surface area contributed by atoms with E-state index < -0.39 is 5.60 Å². The van der Waals surface area contributed by atoms with E-state index in [0.717, 1.165) is 93.5 Å². The van der Waals surface area contributed by atoms with Gasteiger partial charge in [0.2, 0.25) is 0 Å². The van der Waals surface area contributed by atoms with Gasteiger partial charge in [0.1, 0.15) is 11.5 Å². The highest BCUT2D eigenvalue weighted by molar-refractivity contribution is 5.98. The van der Waals surface area contributed by atoms with Gasteiger partial charge in [-0.05, 0) is 119 Å². The molecule has 0 aliphatic carbocycles. The number of cyclic esters (lactones) is 1. The van der Waals surface area contributed by atoms with Gasteiger partial charge in [-0.1, -0.05) is 54.6 Å². The summed E-state index contributed by atoms with van der Waals surface area (Å²) in [6.07, 6.45) is 6.53. The maximum atomic E-state index is 14.2. The van der Waals surface area contributed by atoms with E-state index in [4.69, 9.17) is 14.2 Å². The summed E-state index contributed by atoms with van der Waals surface area (Å²) in [4.78, 5) is 20.7. The maximum Gasteiger partial charge on any atom is 0.340 e. The van der Waals surface area contributed by atoms with E-state index in [2.05, 4.69) is 112 Å². The highest BCUT2D eigenvalue weighted by Gasteiger charge is 2.44. The first-order valence-electron chi connectivity index (χ1n) is 18.1. The van der Waals surface area contributed by atoms with E-state index in [1.807, 2.05) is 58.5 Å². The first-order valence-corrected chi connectivity index (χ1v) is 18.1. The van der Waals surface area contributed by atoms with Crippen molar-refractivity contribution < 1.29 is 19.0 Å². The molecule has 2 aliphatic rings. The van der Waals surface area contributed by atoms with Crippen LogP contribution in [0.1, 0.15) is 51.0 Å².